The number of esters is 1. The summed E-state index contributed by atoms with van der Waals surface area (Å²) in [4.78, 5) is 12.2. The summed E-state index contributed by atoms with van der Waals surface area (Å²) < 4.78 is 11.2. The van der Waals surface area contributed by atoms with Gasteiger partial charge in [0.25, 0.3) is 0 Å². The lowest BCUT2D eigenvalue weighted by Crippen LogP contribution is -2.41. The zero-order valence-corrected chi connectivity index (χ0v) is 14.0. The second-order valence-electron chi connectivity index (χ2n) is 6.09. The van der Waals surface area contributed by atoms with Gasteiger partial charge in [-0.3, -0.25) is 0 Å². The molecule has 0 aliphatic carbocycles. The highest BCUT2D eigenvalue weighted by atomic mass is 16.6. The topological polar surface area (TPSA) is 76.0 Å². The predicted octanol–water partition coefficient (Wildman–Crippen LogP) is 2.47. The van der Waals surface area contributed by atoms with Crippen molar-refractivity contribution in [2.24, 2.45) is 0 Å². The largest absolute Gasteiger partial charge is 0.456 e. The number of carbonyl (C=O) groups is 1. The summed E-state index contributed by atoms with van der Waals surface area (Å²) in [6.45, 7) is 5.55. The molecule has 0 bridgehead atoms. The van der Waals surface area contributed by atoms with Crippen molar-refractivity contribution in [2.45, 2.75) is 63.1 Å². The van der Waals surface area contributed by atoms with Crippen LogP contribution in [0.3, 0.4) is 0 Å². The molecule has 1 unspecified atom stereocenters. The summed E-state index contributed by atoms with van der Waals surface area (Å²) in [5, 5.41) is 20.5. The van der Waals surface area contributed by atoms with E-state index in [2.05, 4.69) is 6.58 Å². The molecule has 0 amide bonds. The fourth-order valence-corrected chi connectivity index (χ4v) is 2.93. The molecule has 0 radical (unpaired) electrons. The first-order valence-electron chi connectivity index (χ1n) is 8.45. The number of benzene rings is 1. The van der Waals surface area contributed by atoms with Crippen LogP contribution in [0.1, 0.15) is 43.0 Å². The van der Waals surface area contributed by atoms with E-state index in [0.29, 0.717) is 31.2 Å². The summed E-state index contributed by atoms with van der Waals surface area (Å²) in [5.41, 5.74) is 0.436. The van der Waals surface area contributed by atoms with E-state index in [1.165, 1.54) is 0 Å². The molecule has 0 spiro atoms. The first-order valence-corrected chi connectivity index (χ1v) is 8.45. The fraction of sp³-hybridized carbons (Fsp3) is 0.526. The predicted molar refractivity (Wildman–Crippen MR) is 90.7 cm³/mol. The Bertz CT molecular complexity index is 530. The monoisotopic (exact) mass is 334 g/mol. The molecule has 1 heterocycles. The van der Waals surface area contributed by atoms with E-state index in [1.54, 1.807) is 30.3 Å². The van der Waals surface area contributed by atoms with E-state index >= 15 is 0 Å². The van der Waals surface area contributed by atoms with Crippen molar-refractivity contribution in [2.75, 3.05) is 0 Å². The molecule has 0 saturated carbocycles. The second kappa shape index (κ2) is 8.97. The number of ether oxygens (including phenoxy) is 2. The Morgan fingerprint density at radius 3 is 2.62 bits per heavy atom. The van der Waals surface area contributed by atoms with Gasteiger partial charge in [-0.2, -0.15) is 0 Å². The molecule has 1 aliphatic heterocycles. The van der Waals surface area contributed by atoms with Crippen LogP contribution in [0.4, 0.5) is 0 Å². The maximum atomic E-state index is 12.2. The van der Waals surface area contributed by atoms with Gasteiger partial charge in [0.2, 0.25) is 0 Å². The number of rotatable bonds is 8. The Balaban J connectivity index is 1.99. The molecule has 5 heteroatoms. The first kappa shape index (κ1) is 18.6. The maximum absolute atomic E-state index is 12.2. The molecular formula is C19H26O5. The van der Waals surface area contributed by atoms with E-state index in [0.717, 1.165) is 0 Å². The Hall–Kier alpha value is -1.69. The number of hydrogen-bond donors (Lipinski definition) is 2. The van der Waals surface area contributed by atoms with Gasteiger partial charge in [0.1, 0.15) is 12.2 Å². The van der Waals surface area contributed by atoms with Gasteiger partial charge in [0.05, 0.1) is 23.9 Å². The van der Waals surface area contributed by atoms with Crippen LogP contribution in [0, 0.1) is 0 Å². The highest BCUT2D eigenvalue weighted by Crippen LogP contribution is 2.28. The van der Waals surface area contributed by atoms with Crippen LogP contribution in [-0.4, -0.2) is 46.7 Å². The van der Waals surface area contributed by atoms with E-state index in [1.807, 2.05) is 13.0 Å². The van der Waals surface area contributed by atoms with Crippen LogP contribution in [0.25, 0.3) is 0 Å². The van der Waals surface area contributed by atoms with Crippen molar-refractivity contribution in [1.82, 2.24) is 0 Å². The molecule has 1 aromatic rings. The van der Waals surface area contributed by atoms with Crippen LogP contribution < -0.4 is 0 Å². The Kier molecular flexibility index (Phi) is 6.97. The lowest BCUT2D eigenvalue weighted by molar-refractivity contribution is -0.109. The van der Waals surface area contributed by atoms with Gasteiger partial charge in [-0.15, -0.1) is 6.58 Å². The minimum atomic E-state index is -0.954. The molecule has 2 N–H and O–H groups in total. The van der Waals surface area contributed by atoms with Crippen molar-refractivity contribution >= 4 is 5.97 Å². The number of aliphatic hydroxyl groups is 2. The summed E-state index contributed by atoms with van der Waals surface area (Å²) in [5.74, 6) is -0.482. The van der Waals surface area contributed by atoms with Gasteiger partial charge < -0.3 is 19.7 Å². The van der Waals surface area contributed by atoms with Crippen molar-refractivity contribution in [3.63, 3.8) is 0 Å². The molecule has 132 valence electrons. The molecule has 2 rings (SSSR count). The zero-order valence-electron chi connectivity index (χ0n) is 14.0. The minimum Gasteiger partial charge on any atom is -0.456 e. The standard InChI is InChI=1S/C19H26O5/c1-3-8-16(24-19(22)13-9-6-5-7-10-13)18(21)17-12-11-15(23-17)14(20)4-2/h3,5-7,9-10,14-18,20-21H,1,4,8,11-12H2,2H3/t14-,15-,16?,17+,18+/m1/s1. The molecule has 0 aromatic heterocycles. The lowest BCUT2D eigenvalue weighted by atomic mass is 10.0. The Labute approximate surface area is 142 Å². The average Bonchev–Trinajstić information content (AvgIpc) is 3.10. The lowest BCUT2D eigenvalue weighted by Gasteiger charge is -2.27. The van der Waals surface area contributed by atoms with Crippen molar-refractivity contribution in [3.05, 3.63) is 48.6 Å². The summed E-state index contributed by atoms with van der Waals surface area (Å²) >= 11 is 0. The van der Waals surface area contributed by atoms with Crippen LogP contribution in [0.2, 0.25) is 0 Å². The van der Waals surface area contributed by atoms with Crippen LogP contribution >= 0.6 is 0 Å². The third-order valence-corrected chi connectivity index (χ3v) is 4.36. The molecule has 1 aromatic carbocycles. The SMILES string of the molecule is C=CCC(OC(=O)c1ccccc1)[C@H](O)[C@@H]1CC[C@H]([C@H](O)CC)O1. The molecule has 1 aliphatic rings. The molecule has 1 fully saturated rings. The highest BCUT2D eigenvalue weighted by molar-refractivity contribution is 5.89. The normalized spacial score (nSPS) is 24.1. The van der Waals surface area contributed by atoms with Gasteiger partial charge in [-0.25, -0.2) is 4.79 Å². The second-order valence-corrected chi connectivity index (χ2v) is 6.09. The summed E-state index contributed by atoms with van der Waals surface area (Å²) in [6, 6.07) is 8.66. The average molecular weight is 334 g/mol. The summed E-state index contributed by atoms with van der Waals surface area (Å²) in [6.07, 6.45) is 0.916. The number of aliphatic hydroxyl groups excluding tert-OH is 2. The van der Waals surface area contributed by atoms with E-state index in [-0.39, 0.29) is 6.10 Å². The number of carbonyl (C=O) groups excluding carboxylic acids is 1. The summed E-state index contributed by atoms with van der Waals surface area (Å²) in [7, 11) is 0. The van der Waals surface area contributed by atoms with E-state index < -0.39 is 30.4 Å². The van der Waals surface area contributed by atoms with Crippen molar-refractivity contribution in [1.29, 1.82) is 0 Å². The van der Waals surface area contributed by atoms with Crippen molar-refractivity contribution in [3.8, 4) is 0 Å². The van der Waals surface area contributed by atoms with Crippen LogP contribution in [0.15, 0.2) is 43.0 Å². The molecule has 5 nitrogen and oxygen atoms in total. The van der Waals surface area contributed by atoms with Crippen LogP contribution in [0.5, 0.6) is 0 Å². The third-order valence-electron chi connectivity index (χ3n) is 4.36. The molecule has 24 heavy (non-hydrogen) atoms. The Morgan fingerprint density at radius 2 is 2.00 bits per heavy atom. The van der Waals surface area contributed by atoms with Gasteiger partial charge >= 0.3 is 5.97 Å². The molecular weight excluding hydrogens is 308 g/mol. The highest BCUT2D eigenvalue weighted by Gasteiger charge is 2.38. The van der Waals surface area contributed by atoms with Gasteiger partial charge in [-0.1, -0.05) is 31.2 Å². The molecule has 5 atom stereocenters. The van der Waals surface area contributed by atoms with Crippen molar-refractivity contribution < 1.29 is 24.5 Å². The quantitative estimate of drug-likeness (QED) is 0.564. The van der Waals surface area contributed by atoms with Gasteiger partial charge in [-0.05, 0) is 31.4 Å². The maximum Gasteiger partial charge on any atom is 0.338 e. The van der Waals surface area contributed by atoms with Gasteiger partial charge in [0, 0.05) is 6.42 Å². The minimum absolute atomic E-state index is 0.274. The van der Waals surface area contributed by atoms with E-state index in [4.69, 9.17) is 9.47 Å². The van der Waals surface area contributed by atoms with E-state index in [9.17, 15) is 15.0 Å². The zero-order chi connectivity index (χ0) is 17.5. The third kappa shape index (κ3) is 4.66. The van der Waals surface area contributed by atoms with Crippen LogP contribution in [-0.2, 0) is 9.47 Å². The van der Waals surface area contributed by atoms with Gasteiger partial charge in [0.15, 0.2) is 0 Å². The number of hydrogen-bond acceptors (Lipinski definition) is 5. The smallest absolute Gasteiger partial charge is 0.338 e. The first-order chi connectivity index (χ1) is 11.6. The Morgan fingerprint density at radius 1 is 1.33 bits per heavy atom. The molecule has 1 saturated heterocycles. The fourth-order valence-electron chi connectivity index (χ4n) is 2.93.